The molecule has 0 radical (unpaired) electrons. The molecule has 9 nitrogen and oxygen atoms in total. The molecule has 0 spiro atoms. The number of ether oxygens (including phenoxy) is 2. The molecule has 0 heterocycles. The maximum absolute atomic E-state index is 10.2. The van der Waals surface area contributed by atoms with E-state index in [9.17, 15) is 8.42 Å². The van der Waals surface area contributed by atoms with Crippen LogP contribution in [-0.2, 0) is 24.1 Å². The molecule has 6 N–H and O–H groups in total. The summed E-state index contributed by atoms with van der Waals surface area (Å²) in [5, 5.41) is 6.06. The van der Waals surface area contributed by atoms with E-state index in [4.69, 9.17) is 19.4 Å². The molecule has 0 atom stereocenters. The van der Waals surface area contributed by atoms with Gasteiger partial charge in [0.15, 0.2) is 12.2 Å². The highest BCUT2D eigenvalue weighted by Crippen LogP contribution is 1.98. The summed E-state index contributed by atoms with van der Waals surface area (Å²) in [6, 6.07) is 0. The molecule has 0 fully saturated rings. The van der Waals surface area contributed by atoms with E-state index >= 15 is 0 Å². The van der Waals surface area contributed by atoms with Gasteiger partial charge in [-0.05, 0) is 13.8 Å². The minimum Gasteiger partial charge on any atom is -0.370 e. The quantitative estimate of drug-likeness (QED) is 0.200. The summed E-state index contributed by atoms with van der Waals surface area (Å²) in [7, 11) is -4.42. The highest BCUT2D eigenvalue weighted by Gasteiger charge is 2.13. The second kappa shape index (κ2) is 10.2. The van der Waals surface area contributed by atoms with Gasteiger partial charge >= 0.3 is 10.4 Å². The Hall–Kier alpha value is -0.940. The van der Waals surface area contributed by atoms with Crippen LogP contribution in [0.15, 0.2) is 0 Å². The van der Waals surface area contributed by atoms with Gasteiger partial charge in [-0.1, -0.05) is 0 Å². The molecule has 0 bridgehead atoms. The van der Waals surface area contributed by atoms with Gasteiger partial charge in [-0.15, -0.1) is 0 Å². The van der Waals surface area contributed by atoms with Gasteiger partial charge in [0.1, 0.15) is 6.61 Å². The summed E-state index contributed by atoms with van der Waals surface area (Å²) in [4.78, 5) is 0. The van der Waals surface area contributed by atoms with Crippen molar-refractivity contribution in [1.82, 2.24) is 0 Å². The largest absolute Gasteiger partial charge is 0.397 e. The smallest absolute Gasteiger partial charge is 0.370 e. The van der Waals surface area contributed by atoms with E-state index in [-0.39, 0.29) is 12.6 Å². The van der Waals surface area contributed by atoms with Crippen molar-refractivity contribution >= 4 is 16.4 Å². The molecular weight excluding hydrogens is 254 g/mol. The first kappa shape index (κ1) is 18.4. The predicted octanol–water partition coefficient (Wildman–Crippen LogP) is -0.957. The molecule has 0 unspecified atom stereocenters. The molecule has 0 aliphatic carbocycles. The highest BCUT2D eigenvalue weighted by atomic mass is 32.3. The van der Waals surface area contributed by atoms with E-state index in [2.05, 4.69) is 15.7 Å². The molecule has 0 amide bonds. The number of hydrogen-bond acceptors (Lipinski definition) is 6. The number of guanidine groups is 1. The molecule has 0 aromatic carbocycles. The summed E-state index contributed by atoms with van der Waals surface area (Å²) in [5.41, 5.74) is 8.94. The molecule has 0 aromatic heterocycles. The van der Waals surface area contributed by atoms with Crippen molar-refractivity contribution in [2.75, 3.05) is 19.8 Å². The maximum Gasteiger partial charge on any atom is 0.397 e. The van der Waals surface area contributed by atoms with Crippen LogP contribution in [0.3, 0.4) is 0 Å². The first-order valence-electron chi connectivity index (χ1n) is 4.67. The average Bonchev–Trinajstić information content (AvgIpc) is 2.13. The fourth-order valence-corrected chi connectivity index (χ4v) is 0.941. The van der Waals surface area contributed by atoms with Gasteiger partial charge in [-0.2, -0.15) is 8.42 Å². The fourth-order valence-electron chi connectivity index (χ4n) is 0.658. The SMILES string of the molecule is CCOC(COS(=O)(=O)O)OCC.N=C(N)N. The van der Waals surface area contributed by atoms with Crippen LogP contribution in [0.4, 0.5) is 0 Å². The summed E-state index contributed by atoms with van der Waals surface area (Å²) in [6.07, 6.45) is -0.767. The Kier molecular flexibility index (Phi) is 11.1. The Morgan fingerprint density at radius 2 is 1.65 bits per heavy atom. The molecule has 10 heteroatoms. The Balaban J connectivity index is 0. The van der Waals surface area contributed by atoms with Crippen LogP contribution >= 0.6 is 0 Å². The molecule has 0 aliphatic rings. The van der Waals surface area contributed by atoms with Gasteiger partial charge in [0.05, 0.1) is 0 Å². The van der Waals surface area contributed by atoms with Crippen molar-refractivity contribution < 1.29 is 26.6 Å². The lowest BCUT2D eigenvalue weighted by Gasteiger charge is -2.15. The Bertz CT molecular complexity index is 284. The summed E-state index contributed by atoms with van der Waals surface area (Å²) < 4.78 is 42.6. The van der Waals surface area contributed by atoms with Crippen LogP contribution in [0.1, 0.15) is 13.8 Å². The predicted molar refractivity (Wildman–Crippen MR) is 60.6 cm³/mol. The molecule has 0 saturated heterocycles. The van der Waals surface area contributed by atoms with Gasteiger partial charge < -0.3 is 20.9 Å². The number of nitrogens with one attached hydrogen (secondary N) is 1. The zero-order chi connectivity index (χ0) is 13.9. The lowest BCUT2D eigenvalue weighted by Crippen LogP contribution is -2.25. The lowest BCUT2D eigenvalue weighted by molar-refractivity contribution is -0.152. The van der Waals surface area contributed by atoms with Gasteiger partial charge in [-0.3, -0.25) is 9.96 Å². The normalized spacial score (nSPS) is 10.8. The molecule has 0 aliphatic heterocycles. The van der Waals surface area contributed by atoms with Crippen LogP contribution in [0.25, 0.3) is 0 Å². The van der Waals surface area contributed by atoms with E-state index in [0.29, 0.717) is 13.2 Å². The van der Waals surface area contributed by atoms with E-state index in [1.54, 1.807) is 13.8 Å². The third-order valence-electron chi connectivity index (χ3n) is 1.06. The van der Waals surface area contributed by atoms with E-state index in [0.717, 1.165) is 0 Å². The van der Waals surface area contributed by atoms with Crippen LogP contribution in [0.5, 0.6) is 0 Å². The molecule has 0 aromatic rings. The van der Waals surface area contributed by atoms with Gasteiger partial charge in [0, 0.05) is 13.2 Å². The Morgan fingerprint density at radius 1 is 1.29 bits per heavy atom. The third kappa shape index (κ3) is 21.0. The zero-order valence-corrected chi connectivity index (χ0v) is 10.6. The topological polar surface area (TPSA) is 158 Å². The Labute approximate surface area is 100 Å². The standard InChI is InChI=1S/C6H14O6S.CH5N3/c1-3-10-6(11-4-2)5-12-13(7,8)9;2-1(3)4/h6H,3-5H2,1-2H3,(H,7,8,9);(H5,2,3,4). The minimum atomic E-state index is -4.42. The van der Waals surface area contributed by atoms with E-state index < -0.39 is 16.7 Å². The first-order chi connectivity index (χ1) is 7.72. The second-order valence-corrected chi connectivity index (χ2v) is 3.60. The Morgan fingerprint density at radius 3 is 1.88 bits per heavy atom. The summed E-state index contributed by atoms with van der Waals surface area (Å²) in [6.45, 7) is 3.87. The van der Waals surface area contributed by atoms with Crippen LogP contribution in [0.2, 0.25) is 0 Å². The van der Waals surface area contributed by atoms with Crippen LogP contribution in [0, 0.1) is 5.41 Å². The maximum atomic E-state index is 10.2. The first-order valence-corrected chi connectivity index (χ1v) is 6.03. The zero-order valence-electron chi connectivity index (χ0n) is 9.75. The van der Waals surface area contributed by atoms with Crippen molar-refractivity contribution in [3.63, 3.8) is 0 Å². The summed E-state index contributed by atoms with van der Waals surface area (Å²) in [5.74, 6) is -0.333. The number of rotatable bonds is 7. The summed E-state index contributed by atoms with van der Waals surface area (Å²) >= 11 is 0. The van der Waals surface area contributed by atoms with Crippen molar-refractivity contribution in [1.29, 1.82) is 5.41 Å². The van der Waals surface area contributed by atoms with Gasteiger partial charge in [0.2, 0.25) is 0 Å². The fraction of sp³-hybridized carbons (Fsp3) is 0.857. The van der Waals surface area contributed by atoms with Crippen molar-refractivity contribution in [3.8, 4) is 0 Å². The van der Waals surface area contributed by atoms with Crippen LogP contribution < -0.4 is 11.5 Å². The van der Waals surface area contributed by atoms with Crippen LogP contribution in [-0.4, -0.2) is 45.0 Å². The minimum absolute atomic E-state index is 0.333. The molecule has 104 valence electrons. The monoisotopic (exact) mass is 273 g/mol. The van der Waals surface area contributed by atoms with E-state index in [1.165, 1.54) is 0 Å². The van der Waals surface area contributed by atoms with Gasteiger partial charge in [-0.25, -0.2) is 4.18 Å². The lowest BCUT2D eigenvalue weighted by atomic mass is 10.6. The van der Waals surface area contributed by atoms with Gasteiger partial charge in [0.25, 0.3) is 0 Å². The molecule has 0 saturated carbocycles. The van der Waals surface area contributed by atoms with Crippen molar-refractivity contribution in [2.24, 2.45) is 11.5 Å². The average molecular weight is 273 g/mol. The second-order valence-electron chi connectivity index (χ2n) is 2.51. The van der Waals surface area contributed by atoms with Crippen molar-refractivity contribution in [3.05, 3.63) is 0 Å². The molecule has 0 rings (SSSR count). The van der Waals surface area contributed by atoms with E-state index in [1.807, 2.05) is 0 Å². The molecular formula is C7H19N3O6S. The number of nitrogens with two attached hydrogens (primary N) is 2. The van der Waals surface area contributed by atoms with Crippen molar-refractivity contribution in [2.45, 2.75) is 20.1 Å². The highest BCUT2D eigenvalue weighted by molar-refractivity contribution is 7.80. The number of hydrogen-bond donors (Lipinski definition) is 4. The molecule has 17 heavy (non-hydrogen) atoms. The third-order valence-corrected chi connectivity index (χ3v) is 1.49.